The summed E-state index contributed by atoms with van der Waals surface area (Å²) in [6.07, 6.45) is 24.5. The van der Waals surface area contributed by atoms with Crippen molar-refractivity contribution in [1.29, 1.82) is 0 Å². The Kier molecular flexibility index (Phi) is 20.0. The van der Waals surface area contributed by atoms with Gasteiger partial charge >= 0.3 is 0 Å². The number of rotatable bonds is 30. The Bertz CT molecular complexity index is 2410. The normalized spacial score (nSPS) is 19.0. The maximum absolute atomic E-state index is 7.44. The summed E-state index contributed by atoms with van der Waals surface area (Å²) in [6, 6.07) is 14.3. The molecule has 0 spiro atoms. The first kappa shape index (κ1) is 56.6. The standard InChI is InChI=1S/C64H92N2O2S5/c1-41(2)17-13-21-45(9)27-33-63(34-28-46(10)22-14-18-42(3)4)51-39-55(71-59(51)61-53(67-63)31-37-69-61)49-25-26-50(58-57(49)65-73-66-58)56-40-52-60(72-56)62-54(32-38-70-62)68-64(52,35-29-47(11)23-15-19-43(5)6)36-30-48(12)24-16-20-44(7)8/h25-26,31-32,37-48H,13-24,27-30,33-36H2,1-12H3. The quantitative estimate of drug-likeness (QED) is 0.0451. The van der Waals surface area contributed by atoms with Crippen LogP contribution in [0.1, 0.15) is 223 Å². The average Bonchev–Trinajstić information content (AvgIpc) is 4.21. The molecule has 73 heavy (non-hydrogen) atoms. The molecule has 9 heteroatoms. The van der Waals surface area contributed by atoms with Crippen LogP contribution < -0.4 is 9.47 Å². The molecule has 400 valence electrons. The zero-order valence-corrected chi connectivity index (χ0v) is 51.2. The van der Waals surface area contributed by atoms with Crippen LogP contribution in [0, 0.1) is 47.3 Å². The zero-order valence-electron chi connectivity index (χ0n) is 47.1. The molecule has 8 rings (SSSR count). The number of thiophene rings is 4. The van der Waals surface area contributed by atoms with Gasteiger partial charge in [0.15, 0.2) is 0 Å². The Hall–Kier alpha value is -2.56. The van der Waals surface area contributed by atoms with E-state index in [1.54, 1.807) is 0 Å². The van der Waals surface area contributed by atoms with Crippen molar-refractivity contribution in [3.8, 4) is 51.9 Å². The Morgan fingerprint density at radius 3 is 1.05 bits per heavy atom. The number of hydrogen-bond acceptors (Lipinski definition) is 9. The van der Waals surface area contributed by atoms with Gasteiger partial charge in [-0.05, 0) is 134 Å². The molecule has 4 atom stereocenters. The minimum atomic E-state index is -0.348. The minimum Gasteiger partial charge on any atom is -0.481 e. The van der Waals surface area contributed by atoms with Crippen LogP contribution in [0.4, 0.5) is 0 Å². The third kappa shape index (κ3) is 14.0. The molecule has 4 unspecified atom stereocenters. The first-order valence-electron chi connectivity index (χ1n) is 29.1. The highest BCUT2D eigenvalue weighted by molar-refractivity contribution is 7.24. The second-order valence-corrected chi connectivity index (χ2v) is 29.6. The molecule has 5 aromatic heterocycles. The number of fused-ring (bicyclic) bond motifs is 7. The Morgan fingerprint density at radius 2 is 0.740 bits per heavy atom. The maximum Gasteiger partial charge on any atom is 0.140 e. The number of hydrogen-bond donors (Lipinski definition) is 0. The summed E-state index contributed by atoms with van der Waals surface area (Å²) in [4.78, 5) is 7.96. The molecule has 0 amide bonds. The molecule has 0 aliphatic carbocycles. The summed E-state index contributed by atoms with van der Waals surface area (Å²) in [5.41, 5.74) is 6.55. The fourth-order valence-electron chi connectivity index (χ4n) is 11.9. The fraction of sp³-hybridized carbons (Fsp3) is 0.656. The molecule has 0 bridgehead atoms. The van der Waals surface area contributed by atoms with Crippen molar-refractivity contribution in [2.24, 2.45) is 47.3 Å². The number of benzene rings is 1. The fourth-order valence-corrected chi connectivity index (χ4v) is 17.0. The number of nitrogens with zero attached hydrogens (tertiary/aromatic N) is 2. The third-order valence-electron chi connectivity index (χ3n) is 16.8. The highest BCUT2D eigenvalue weighted by Crippen LogP contribution is 2.59. The van der Waals surface area contributed by atoms with E-state index >= 15 is 0 Å². The van der Waals surface area contributed by atoms with Gasteiger partial charge in [-0.3, -0.25) is 0 Å². The van der Waals surface area contributed by atoms with Gasteiger partial charge in [-0.15, -0.1) is 45.3 Å². The maximum atomic E-state index is 7.44. The molecule has 7 heterocycles. The van der Waals surface area contributed by atoms with Crippen LogP contribution in [-0.2, 0) is 11.2 Å². The lowest BCUT2D eigenvalue weighted by Crippen LogP contribution is -2.36. The van der Waals surface area contributed by atoms with Crippen molar-refractivity contribution in [1.82, 2.24) is 8.75 Å². The van der Waals surface area contributed by atoms with Gasteiger partial charge in [-0.25, -0.2) is 0 Å². The van der Waals surface area contributed by atoms with E-state index in [1.165, 1.54) is 166 Å². The largest absolute Gasteiger partial charge is 0.481 e. The van der Waals surface area contributed by atoms with Crippen molar-refractivity contribution in [3.05, 3.63) is 58.3 Å². The zero-order chi connectivity index (χ0) is 51.9. The summed E-state index contributed by atoms with van der Waals surface area (Å²) >= 11 is 8.95. The van der Waals surface area contributed by atoms with Gasteiger partial charge in [0.05, 0.1) is 31.2 Å². The van der Waals surface area contributed by atoms with Crippen molar-refractivity contribution >= 4 is 68.1 Å². The smallest absolute Gasteiger partial charge is 0.140 e. The first-order chi connectivity index (χ1) is 35.0. The molecule has 0 fully saturated rings. The molecule has 2 aliphatic rings. The molecule has 6 aromatic rings. The topological polar surface area (TPSA) is 44.2 Å². The van der Waals surface area contributed by atoms with Gasteiger partial charge in [-0.1, -0.05) is 172 Å². The van der Waals surface area contributed by atoms with Gasteiger partial charge in [0.25, 0.3) is 0 Å². The predicted molar refractivity (Wildman–Crippen MR) is 324 cm³/mol. The van der Waals surface area contributed by atoms with E-state index in [-0.39, 0.29) is 11.2 Å². The van der Waals surface area contributed by atoms with Crippen molar-refractivity contribution in [2.45, 2.75) is 223 Å². The second-order valence-electron chi connectivity index (χ2n) is 25.1. The molecule has 0 radical (unpaired) electrons. The minimum absolute atomic E-state index is 0.348. The van der Waals surface area contributed by atoms with E-state index in [1.807, 2.05) is 45.3 Å². The molecule has 0 saturated heterocycles. The summed E-state index contributed by atoms with van der Waals surface area (Å²) in [5, 5.41) is 4.49. The summed E-state index contributed by atoms with van der Waals surface area (Å²) in [7, 11) is 0. The van der Waals surface area contributed by atoms with Gasteiger partial charge in [0, 0.05) is 32.0 Å². The van der Waals surface area contributed by atoms with Crippen molar-refractivity contribution in [2.75, 3.05) is 0 Å². The molecule has 0 saturated carbocycles. The van der Waals surface area contributed by atoms with Crippen LogP contribution in [0.5, 0.6) is 11.5 Å². The Morgan fingerprint density at radius 1 is 0.411 bits per heavy atom. The van der Waals surface area contributed by atoms with E-state index in [2.05, 4.69) is 130 Å². The van der Waals surface area contributed by atoms with Gasteiger partial charge in [0.1, 0.15) is 33.7 Å². The molecular weight excluding hydrogens is 989 g/mol. The van der Waals surface area contributed by atoms with Crippen molar-refractivity contribution < 1.29 is 9.47 Å². The summed E-state index contributed by atoms with van der Waals surface area (Å²) < 4.78 is 25.2. The van der Waals surface area contributed by atoms with E-state index < -0.39 is 0 Å². The second kappa shape index (κ2) is 25.7. The molecular formula is C64H92N2O2S5. The molecule has 1 aromatic carbocycles. The monoisotopic (exact) mass is 1080 g/mol. The highest BCUT2D eigenvalue weighted by Gasteiger charge is 2.45. The summed E-state index contributed by atoms with van der Waals surface area (Å²) in [5.74, 6) is 7.86. The van der Waals surface area contributed by atoms with E-state index in [4.69, 9.17) is 18.2 Å². The van der Waals surface area contributed by atoms with Crippen LogP contribution in [0.2, 0.25) is 0 Å². The lowest BCUT2D eigenvalue weighted by molar-refractivity contribution is 0.0322. The summed E-state index contributed by atoms with van der Waals surface area (Å²) in [6.45, 7) is 28.8. The molecule has 2 aliphatic heterocycles. The van der Waals surface area contributed by atoms with Crippen LogP contribution >= 0.6 is 57.1 Å². The third-order valence-corrected chi connectivity index (χ3v) is 21.7. The van der Waals surface area contributed by atoms with Crippen LogP contribution in [-0.4, -0.2) is 8.75 Å². The Balaban J connectivity index is 1.14. The van der Waals surface area contributed by atoms with Crippen LogP contribution in [0.25, 0.3) is 51.4 Å². The predicted octanol–water partition coefficient (Wildman–Crippen LogP) is 22.8. The average molecular weight is 1080 g/mol. The highest BCUT2D eigenvalue weighted by atomic mass is 32.1. The van der Waals surface area contributed by atoms with Crippen molar-refractivity contribution in [3.63, 3.8) is 0 Å². The van der Waals surface area contributed by atoms with Crippen LogP contribution in [0.3, 0.4) is 0 Å². The molecule has 4 nitrogen and oxygen atoms in total. The first-order valence-corrected chi connectivity index (χ1v) is 33.2. The number of ether oxygens (including phenoxy) is 2. The van der Waals surface area contributed by atoms with Gasteiger partial charge in [-0.2, -0.15) is 8.75 Å². The van der Waals surface area contributed by atoms with E-state index in [0.29, 0.717) is 23.7 Å². The number of aromatic nitrogens is 2. The van der Waals surface area contributed by atoms with E-state index in [0.717, 1.165) is 71.9 Å². The SMILES string of the molecule is CC(C)CCCC(C)CCC1(CCC(C)CCCC(C)C)Oc2ccsc2-c2sc(-c3ccc(-c4cc5c(s4)-c4sccc4OC5(CCC(C)CCCC(C)C)CCC(C)CCCC(C)C)c4nsnc34)cc21. The lowest BCUT2D eigenvalue weighted by Gasteiger charge is -2.39. The lowest BCUT2D eigenvalue weighted by atomic mass is 9.78. The van der Waals surface area contributed by atoms with Gasteiger partial charge < -0.3 is 9.47 Å². The van der Waals surface area contributed by atoms with E-state index in [9.17, 15) is 0 Å². The Labute approximate surface area is 463 Å². The van der Waals surface area contributed by atoms with Crippen LogP contribution in [0.15, 0.2) is 47.2 Å². The molecule has 0 N–H and O–H groups in total. The van der Waals surface area contributed by atoms with Gasteiger partial charge in [0.2, 0.25) is 0 Å².